The normalized spacial score (nSPS) is 26.7. The van der Waals surface area contributed by atoms with Gasteiger partial charge in [0.15, 0.2) is 0 Å². The van der Waals surface area contributed by atoms with E-state index in [2.05, 4.69) is 27.0 Å². The van der Waals surface area contributed by atoms with Gasteiger partial charge in [0.2, 0.25) is 16.0 Å². The smallest absolute Gasteiger partial charge is 0.225 e. The minimum absolute atomic E-state index is 0.466. The molecule has 2 fully saturated rings. The van der Waals surface area contributed by atoms with E-state index in [4.69, 9.17) is 16.3 Å². The lowest BCUT2D eigenvalue weighted by Gasteiger charge is -2.41. The van der Waals surface area contributed by atoms with Gasteiger partial charge in [0.1, 0.15) is 0 Å². The third-order valence-corrected chi connectivity index (χ3v) is 8.25. The van der Waals surface area contributed by atoms with Crippen molar-refractivity contribution in [2.75, 3.05) is 50.5 Å². The second-order valence-corrected chi connectivity index (χ2v) is 11.2. The largest absolute Gasteiger partial charge is 0.381 e. The summed E-state index contributed by atoms with van der Waals surface area (Å²) in [6.07, 6.45) is 13.3. The summed E-state index contributed by atoms with van der Waals surface area (Å²) in [5, 5.41) is 0.567. The van der Waals surface area contributed by atoms with E-state index >= 15 is 0 Å². The third kappa shape index (κ3) is 5.33. The van der Waals surface area contributed by atoms with Crippen LogP contribution in [0, 0.1) is 23.7 Å². The highest BCUT2D eigenvalue weighted by Crippen LogP contribution is 2.38. The Morgan fingerprint density at radius 1 is 1.03 bits per heavy atom. The van der Waals surface area contributed by atoms with Crippen LogP contribution >= 0.6 is 11.6 Å². The maximum absolute atomic E-state index is 11.6. The molecule has 0 N–H and O–H groups in total. The van der Waals surface area contributed by atoms with E-state index in [0.29, 0.717) is 41.8 Å². The molecule has 0 spiro atoms. The zero-order valence-corrected chi connectivity index (χ0v) is 19.1. The zero-order chi connectivity index (χ0) is 21.1. The number of rotatable bonds is 7. The number of hydrogen-bond donors (Lipinski definition) is 0. The molecule has 1 aromatic heterocycles. The molecular weight excluding hydrogens is 424 g/mol. The summed E-state index contributed by atoms with van der Waals surface area (Å²) in [4.78, 5) is 10.9. The van der Waals surface area contributed by atoms with Crippen molar-refractivity contribution < 1.29 is 13.2 Å². The van der Waals surface area contributed by atoms with E-state index in [9.17, 15) is 8.42 Å². The fourth-order valence-electron chi connectivity index (χ4n) is 4.80. The highest BCUT2D eigenvalue weighted by atomic mass is 35.5. The van der Waals surface area contributed by atoms with E-state index < -0.39 is 10.0 Å². The summed E-state index contributed by atoms with van der Waals surface area (Å²) in [6, 6.07) is 0. The fourth-order valence-corrected chi connectivity index (χ4v) is 5.77. The van der Waals surface area contributed by atoms with Crippen LogP contribution in [0.2, 0.25) is 5.02 Å². The van der Waals surface area contributed by atoms with Crippen molar-refractivity contribution in [1.82, 2.24) is 14.3 Å². The molecule has 0 aromatic carbocycles. The van der Waals surface area contributed by atoms with Crippen LogP contribution in [0.1, 0.15) is 25.7 Å². The summed E-state index contributed by atoms with van der Waals surface area (Å²) in [7, 11) is -3.06. The van der Waals surface area contributed by atoms with Crippen molar-refractivity contribution in [3.8, 4) is 0 Å². The molecule has 0 bridgehead atoms. The van der Waals surface area contributed by atoms with Crippen LogP contribution in [0.15, 0.2) is 24.5 Å². The molecule has 166 valence electrons. The Bertz CT molecular complexity index is 832. The lowest BCUT2D eigenvalue weighted by molar-refractivity contribution is 0.0435. The van der Waals surface area contributed by atoms with Gasteiger partial charge in [0, 0.05) is 38.7 Å². The number of anilines is 1. The molecule has 3 aliphatic rings. The molecule has 2 aliphatic heterocycles. The van der Waals surface area contributed by atoms with Crippen molar-refractivity contribution in [2.45, 2.75) is 25.7 Å². The average Bonchev–Trinajstić information content (AvgIpc) is 2.71. The van der Waals surface area contributed by atoms with Gasteiger partial charge in [-0.2, -0.15) is 0 Å². The van der Waals surface area contributed by atoms with Crippen LogP contribution in [0.3, 0.4) is 0 Å². The van der Waals surface area contributed by atoms with Gasteiger partial charge in [0.25, 0.3) is 0 Å². The van der Waals surface area contributed by atoms with E-state index in [1.807, 2.05) is 0 Å². The Balaban J connectivity index is 1.16. The number of aromatic nitrogens is 2. The summed E-state index contributed by atoms with van der Waals surface area (Å²) < 4.78 is 30.9. The van der Waals surface area contributed by atoms with Crippen molar-refractivity contribution >= 4 is 27.6 Å². The minimum atomic E-state index is -3.06. The average molecular weight is 455 g/mol. The Morgan fingerprint density at radius 2 is 1.70 bits per heavy atom. The summed E-state index contributed by atoms with van der Waals surface area (Å²) in [5.41, 5.74) is 0. The quantitative estimate of drug-likeness (QED) is 0.589. The third-order valence-electron chi connectivity index (χ3n) is 6.75. The molecule has 2 unspecified atom stereocenters. The maximum Gasteiger partial charge on any atom is 0.225 e. The van der Waals surface area contributed by atoms with Gasteiger partial charge in [-0.05, 0) is 43.4 Å². The molecule has 0 saturated carbocycles. The van der Waals surface area contributed by atoms with Gasteiger partial charge in [-0.25, -0.2) is 22.7 Å². The van der Waals surface area contributed by atoms with Crippen LogP contribution in [0.25, 0.3) is 0 Å². The van der Waals surface area contributed by atoms with Gasteiger partial charge in [-0.3, -0.25) is 0 Å². The van der Waals surface area contributed by atoms with Crippen molar-refractivity contribution in [1.29, 1.82) is 0 Å². The SMILES string of the molecule is CS(=O)(=O)N1CCC(COCC2C=CC2C2CCN(c3ncc(Cl)cn3)CC2)CC1. The topological polar surface area (TPSA) is 75.6 Å². The van der Waals surface area contributed by atoms with Gasteiger partial charge >= 0.3 is 0 Å². The van der Waals surface area contributed by atoms with Gasteiger partial charge < -0.3 is 9.64 Å². The molecule has 9 heteroatoms. The lowest BCUT2D eigenvalue weighted by atomic mass is 9.71. The number of allylic oxidation sites excluding steroid dienone is 1. The Morgan fingerprint density at radius 3 is 2.27 bits per heavy atom. The molecule has 0 radical (unpaired) electrons. The van der Waals surface area contributed by atoms with Crippen molar-refractivity contribution in [3.05, 3.63) is 29.6 Å². The van der Waals surface area contributed by atoms with Gasteiger partial charge in [-0.1, -0.05) is 23.8 Å². The number of sulfonamides is 1. The summed E-state index contributed by atoms with van der Waals surface area (Å²) >= 11 is 5.88. The summed E-state index contributed by atoms with van der Waals surface area (Å²) in [5.74, 6) is 3.02. The van der Waals surface area contributed by atoms with E-state index in [1.54, 1.807) is 16.7 Å². The van der Waals surface area contributed by atoms with Crippen LogP contribution in [0.4, 0.5) is 5.95 Å². The number of nitrogens with zero attached hydrogens (tertiary/aromatic N) is 4. The molecule has 2 atom stereocenters. The molecule has 30 heavy (non-hydrogen) atoms. The molecule has 1 aliphatic carbocycles. The molecule has 2 saturated heterocycles. The molecular formula is C21H31ClN4O3S. The number of ether oxygens (including phenoxy) is 1. The number of halogens is 1. The van der Waals surface area contributed by atoms with Crippen LogP contribution in [0.5, 0.6) is 0 Å². The first kappa shape index (κ1) is 22.0. The second-order valence-electron chi connectivity index (χ2n) is 8.79. The maximum atomic E-state index is 11.6. The van der Waals surface area contributed by atoms with E-state index in [0.717, 1.165) is 57.9 Å². The Kier molecular flexibility index (Phi) is 6.97. The van der Waals surface area contributed by atoms with E-state index in [1.165, 1.54) is 6.26 Å². The Labute approximate surface area is 184 Å². The van der Waals surface area contributed by atoms with Crippen LogP contribution in [-0.2, 0) is 14.8 Å². The van der Waals surface area contributed by atoms with Crippen LogP contribution < -0.4 is 4.90 Å². The zero-order valence-electron chi connectivity index (χ0n) is 17.5. The minimum Gasteiger partial charge on any atom is -0.381 e. The number of piperidine rings is 2. The standard InChI is InChI=1S/C21H31ClN4O3S/c1-30(27,28)26-10-4-16(5-11-26)14-29-15-18-2-3-20(18)17-6-8-25(9-7-17)21-23-12-19(22)13-24-21/h2-3,12-13,16-18,20H,4-11,14-15H2,1H3. The first-order chi connectivity index (χ1) is 14.4. The lowest BCUT2D eigenvalue weighted by Crippen LogP contribution is -2.41. The second kappa shape index (κ2) is 9.51. The van der Waals surface area contributed by atoms with Crippen LogP contribution in [-0.4, -0.2) is 68.3 Å². The van der Waals surface area contributed by atoms with Gasteiger partial charge in [-0.15, -0.1) is 0 Å². The molecule has 0 amide bonds. The Hall–Kier alpha value is -1.22. The summed E-state index contributed by atoms with van der Waals surface area (Å²) in [6.45, 7) is 4.70. The predicted octanol–water partition coefficient (Wildman–Crippen LogP) is 2.84. The first-order valence-electron chi connectivity index (χ1n) is 10.8. The van der Waals surface area contributed by atoms with Crippen molar-refractivity contribution in [2.24, 2.45) is 23.7 Å². The van der Waals surface area contributed by atoms with Crippen molar-refractivity contribution in [3.63, 3.8) is 0 Å². The van der Waals surface area contributed by atoms with E-state index in [-0.39, 0.29) is 0 Å². The molecule has 1 aromatic rings. The molecule has 4 rings (SSSR count). The highest BCUT2D eigenvalue weighted by Gasteiger charge is 2.34. The number of hydrogen-bond acceptors (Lipinski definition) is 6. The predicted molar refractivity (Wildman–Crippen MR) is 118 cm³/mol. The molecule has 7 nitrogen and oxygen atoms in total. The first-order valence-corrected chi connectivity index (χ1v) is 13.1. The van der Waals surface area contributed by atoms with Gasteiger partial charge in [0.05, 0.1) is 30.3 Å². The monoisotopic (exact) mass is 454 g/mol. The fraction of sp³-hybridized carbons (Fsp3) is 0.714. The highest BCUT2D eigenvalue weighted by molar-refractivity contribution is 7.88. The molecule has 3 heterocycles.